The molecule has 2 aromatic carbocycles. The fourth-order valence-electron chi connectivity index (χ4n) is 5.31. The maximum absolute atomic E-state index is 14.1. The maximum Gasteiger partial charge on any atom is 0.338 e. The molecule has 1 unspecified atom stereocenters. The molecule has 2 aliphatic rings. The molecule has 0 N–H and O–H groups in total. The topological polar surface area (TPSA) is 114 Å². The van der Waals surface area contributed by atoms with Crippen molar-refractivity contribution < 1.29 is 14.5 Å². The molecule has 3 aromatic rings. The number of non-ortho nitro benzene ring substituents is 1. The van der Waals surface area contributed by atoms with Crippen molar-refractivity contribution >= 4 is 40.4 Å². The molecule has 3 heterocycles. The number of nitro benzene ring substituents is 1. The molecule has 0 saturated carbocycles. The van der Waals surface area contributed by atoms with Gasteiger partial charge < -0.3 is 19.4 Å². The number of ether oxygens (including phenoxy) is 1. The van der Waals surface area contributed by atoms with Gasteiger partial charge in [-0.15, -0.1) is 0 Å². The van der Waals surface area contributed by atoms with E-state index in [2.05, 4.69) is 21.8 Å². The van der Waals surface area contributed by atoms with Crippen molar-refractivity contribution in [3.63, 3.8) is 0 Å². The Morgan fingerprint density at radius 3 is 2.48 bits per heavy atom. The second-order valence-corrected chi connectivity index (χ2v) is 11.6. The van der Waals surface area contributed by atoms with E-state index in [1.807, 2.05) is 43.3 Å². The van der Waals surface area contributed by atoms with Gasteiger partial charge in [0, 0.05) is 69.3 Å². The molecule has 0 aliphatic carbocycles. The molecule has 1 atom stereocenters. The number of allylic oxidation sites excluding steroid dienone is 1. The zero-order chi connectivity index (χ0) is 30.1. The van der Waals surface area contributed by atoms with Gasteiger partial charge in [0.05, 0.1) is 33.4 Å². The first-order valence-electron chi connectivity index (χ1n) is 13.8. The van der Waals surface area contributed by atoms with E-state index in [9.17, 15) is 19.7 Å². The highest BCUT2D eigenvalue weighted by Gasteiger charge is 2.33. The number of aromatic nitrogens is 1. The molecule has 11 nitrogen and oxygen atoms in total. The van der Waals surface area contributed by atoms with E-state index in [1.54, 1.807) is 26.0 Å². The maximum atomic E-state index is 14.1. The van der Waals surface area contributed by atoms with Gasteiger partial charge in [-0.25, -0.2) is 9.79 Å². The van der Waals surface area contributed by atoms with Crippen LogP contribution < -0.4 is 24.7 Å². The molecule has 2 aliphatic heterocycles. The Kier molecular flexibility index (Phi) is 8.28. The number of piperazine rings is 1. The fourth-order valence-corrected chi connectivity index (χ4v) is 6.35. The van der Waals surface area contributed by atoms with Crippen molar-refractivity contribution in [2.24, 2.45) is 4.99 Å². The molecule has 12 heteroatoms. The quantitative estimate of drug-likeness (QED) is 0.234. The highest BCUT2D eigenvalue weighted by molar-refractivity contribution is 7.07. The molecule has 0 bridgehead atoms. The summed E-state index contributed by atoms with van der Waals surface area (Å²) in [5.41, 5.74) is 3.56. The Hall–Kier alpha value is -4.29. The van der Waals surface area contributed by atoms with Crippen LogP contribution in [0.3, 0.4) is 0 Å². The summed E-state index contributed by atoms with van der Waals surface area (Å²) in [6.45, 7) is 6.93. The zero-order valence-electron chi connectivity index (χ0n) is 24.4. The van der Waals surface area contributed by atoms with Crippen molar-refractivity contribution in [2.45, 2.75) is 19.9 Å². The van der Waals surface area contributed by atoms with Crippen LogP contribution in [0.1, 0.15) is 31.0 Å². The van der Waals surface area contributed by atoms with Crippen LogP contribution in [0.2, 0.25) is 0 Å². The Morgan fingerprint density at radius 2 is 1.86 bits per heavy atom. The van der Waals surface area contributed by atoms with E-state index in [1.165, 1.54) is 28.0 Å². The molecule has 1 aromatic heterocycles. The first kappa shape index (κ1) is 29.2. The monoisotopic (exact) mass is 590 g/mol. The van der Waals surface area contributed by atoms with Crippen LogP contribution in [0.25, 0.3) is 6.08 Å². The number of benzene rings is 2. The van der Waals surface area contributed by atoms with E-state index in [4.69, 9.17) is 4.74 Å². The smallest absolute Gasteiger partial charge is 0.338 e. The van der Waals surface area contributed by atoms with Crippen LogP contribution in [0, 0.1) is 10.1 Å². The van der Waals surface area contributed by atoms with E-state index in [0.717, 1.165) is 43.1 Å². The first-order chi connectivity index (χ1) is 20.1. The zero-order valence-corrected chi connectivity index (χ0v) is 25.2. The lowest BCUT2D eigenvalue weighted by atomic mass is 9.95. The molecule has 220 valence electrons. The third kappa shape index (κ3) is 5.59. The Balaban J connectivity index is 1.69. The van der Waals surface area contributed by atoms with Crippen LogP contribution in [-0.4, -0.2) is 74.3 Å². The standard InChI is InChI=1S/C30H34N6O5S/c1-6-41-29(38)26-19(2)31-30-35(27(26)20-7-9-22(10-8-20)32(3)4)28(37)25(42-30)18-21-17-23(36(39)40)11-12-24(21)34-15-13-33(5)14-16-34/h7-12,17-18,27H,6,13-16H2,1-5H3. The largest absolute Gasteiger partial charge is 0.463 e. The summed E-state index contributed by atoms with van der Waals surface area (Å²) in [6.07, 6.45) is 1.71. The second kappa shape index (κ2) is 11.9. The third-order valence-electron chi connectivity index (χ3n) is 7.59. The van der Waals surface area contributed by atoms with Gasteiger partial charge in [0.15, 0.2) is 4.80 Å². The summed E-state index contributed by atoms with van der Waals surface area (Å²) in [5, 5.41) is 11.7. The molecule has 0 radical (unpaired) electrons. The number of hydrogen-bond donors (Lipinski definition) is 0. The van der Waals surface area contributed by atoms with Crippen LogP contribution in [0.15, 0.2) is 63.5 Å². The van der Waals surface area contributed by atoms with Crippen molar-refractivity contribution in [2.75, 3.05) is 63.7 Å². The number of hydrogen-bond acceptors (Lipinski definition) is 10. The number of esters is 1. The van der Waals surface area contributed by atoms with Crippen LogP contribution in [0.4, 0.5) is 17.1 Å². The van der Waals surface area contributed by atoms with Crippen molar-refractivity contribution in [1.82, 2.24) is 9.47 Å². The van der Waals surface area contributed by atoms with Crippen molar-refractivity contribution in [3.8, 4) is 0 Å². The first-order valence-corrected chi connectivity index (χ1v) is 14.6. The highest BCUT2D eigenvalue weighted by Crippen LogP contribution is 2.32. The number of carbonyl (C=O) groups is 1. The molecule has 1 saturated heterocycles. The molecule has 0 spiro atoms. The minimum atomic E-state index is -0.735. The van der Waals surface area contributed by atoms with E-state index in [0.29, 0.717) is 26.2 Å². The van der Waals surface area contributed by atoms with E-state index < -0.39 is 16.9 Å². The molecular formula is C30H34N6O5S. The van der Waals surface area contributed by atoms with Gasteiger partial charge >= 0.3 is 5.97 Å². The van der Waals surface area contributed by atoms with Gasteiger partial charge in [0.1, 0.15) is 0 Å². The molecule has 5 rings (SSSR count). The number of anilines is 2. The average Bonchev–Trinajstić information content (AvgIpc) is 3.26. The molecular weight excluding hydrogens is 556 g/mol. The normalized spacial score (nSPS) is 17.6. The van der Waals surface area contributed by atoms with Gasteiger partial charge in [0.25, 0.3) is 11.2 Å². The summed E-state index contributed by atoms with van der Waals surface area (Å²) in [7, 11) is 5.94. The number of thiazole rings is 1. The summed E-state index contributed by atoms with van der Waals surface area (Å²) in [4.78, 5) is 50.0. The third-order valence-corrected chi connectivity index (χ3v) is 8.58. The minimum Gasteiger partial charge on any atom is -0.463 e. The Bertz CT molecular complexity index is 1730. The Morgan fingerprint density at radius 1 is 1.17 bits per heavy atom. The van der Waals surface area contributed by atoms with Crippen molar-refractivity contribution in [1.29, 1.82) is 0 Å². The summed E-state index contributed by atoms with van der Waals surface area (Å²) in [6, 6.07) is 11.7. The predicted molar refractivity (Wildman–Crippen MR) is 164 cm³/mol. The lowest BCUT2D eigenvalue weighted by molar-refractivity contribution is -0.384. The SMILES string of the molecule is CCOC(=O)C1=C(C)N=c2sc(=Cc3cc([N+](=O)[O-])ccc3N3CCN(C)CC3)c(=O)n2C1c1ccc(N(C)C)cc1. The van der Waals surface area contributed by atoms with Crippen LogP contribution >= 0.6 is 11.3 Å². The number of likely N-dealkylation sites (N-methyl/N-ethyl adjacent to an activating group) is 1. The molecule has 0 amide bonds. The van der Waals surface area contributed by atoms with Crippen LogP contribution in [-0.2, 0) is 9.53 Å². The average molecular weight is 591 g/mol. The van der Waals surface area contributed by atoms with Gasteiger partial charge in [-0.05, 0) is 50.7 Å². The van der Waals surface area contributed by atoms with Gasteiger partial charge in [-0.2, -0.15) is 0 Å². The Labute approximate surface area is 247 Å². The molecule has 42 heavy (non-hydrogen) atoms. The van der Waals surface area contributed by atoms with Crippen LogP contribution in [0.5, 0.6) is 0 Å². The summed E-state index contributed by atoms with van der Waals surface area (Å²) >= 11 is 1.20. The van der Waals surface area contributed by atoms with Gasteiger partial charge in [-0.1, -0.05) is 23.5 Å². The number of carbonyl (C=O) groups excluding carboxylic acids is 1. The number of fused-ring (bicyclic) bond motifs is 1. The summed E-state index contributed by atoms with van der Waals surface area (Å²) < 4.78 is 7.30. The molecule has 1 fully saturated rings. The fraction of sp³-hybridized carbons (Fsp3) is 0.367. The van der Waals surface area contributed by atoms with Gasteiger partial charge in [0.2, 0.25) is 0 Å². The summed E-state index contributed by atoms with van der Waals surface area (Å²) in [5.74, 6) is -0.522. The van der Waals surface area contributed by atoms with Gasteiger partial charge in [-0.3, -0.25) is 19.5 Å². The highest BCUT2D eigenvalue weighted by atomic mass is 32.1. The lowest BCUT2D eigenvalue weighted by Gasteiger charge is -2.34. The van der Waals surface area contributed by atoms with E-state index >= 15 is 0 Å². The number of nitro groups is 1. The number of rotatable bonds is 7. The lowest BCUT2D eigenvalue weighted by Crippen LogP contribution is -2.44. The predicted octanol–water partition coefficient (Wildman–Crippen LogP) is 2.52. The minimum absolute atomic E-state index is 0.0498. The van der Waals surface area contributed by atoms with Crippen molar-refractivity contribution in [3.05, 3.63) is 94.7 Å². The second-order valence-electron chi connectivity index (χ2n) is 10.6. The van der Waals surface area contributed by atoms with E-state index in [-0.39, 0.29) is 17.9 Å². The number of nitrogens with zero attached hydrogens (tertiary/aromatic N) is 6.